The molecular weight excluding hydrogens is 346 g/mol. The molecule has 5 nitrogen and oxygen atoms in total. The van der Waals surface area contributed by atoms with Gasteiger partial charge >= 0.3 is 0 Å². The summed E-state index contributed by atoms with van der Waals surface area (Å²) in [5.74, 6) is 2.60. The number of nitrogens with zero attached hydrogens (tertiary/aromatic N) is 3. The molecule has 0 radical (unpaired) electrons. The third-order valence-electron chi connectivity index (χ3n) is 6.46. The molecule has 0 N–H and O–H groups in total. The Hall–Kier alpha value is -1.74. The summed E-state index contributed by atoms with van der Waals surface area (Å²) in [6, 6.07) is 7.46. The van der Waals surface area contributed by atoms with Crippen molar-refractivity contribution >= 4 is 17.7 Å². The van der Waals surface area contributed by atoms with Gasteiger partial charge in [0, 0.05) is 24.2 Å². The summed E-state index contributed by atoms with van der Waals surface area (Å²) in [5, 5.41) is 21.5. The first kappa shape index (κ1) is 17.7. The number of aromatic nitrogens is 1. The SMILES string of the molecule is N#CCCN(C(=O)CSc1cccc[n+]1[O-])C12CC3CC(CC(C3)C1)C2. The van der Waals surface area contributed by atoms with E-state index in [1.54, 1.807) is 12.1 Å². The van der Waals surface area contributed by atoms with E-state index in [9.17, 15) is 10.0 Å². The average molecular weight is 372 g/mol. The van der Waals surface area contributed by atoms with Gasteiger partial charge in [0.1, 0.15) is 0 Å². The van der Waals surface area contributed by atoms with Gasteiger partial charge in [0.15, 0.2) is 6.20 Å². The molecule has 0 unspecified atom stereocenters. The van der Waals surface area contributed by atoms with Crippen LogP contribution >= 0.6 is 11.8 Å². The van der Waals surface area contributed by atoms with E-state index in [-0.39, 0.29) is 17.2 Å². The Kier molecular flexibility index (Phi) is 4.83. The second kappa shape index (κ2) is 7.11. The molecule has 4 bridgehead atoms. The van der Waals surface area contributed by atoms with Crippen LogP contribution in [-0.4, -0.2) is 28.6 Å². The molecule has 5 rings (SSSR count). The third-order valence-corrected chi connectivity index (χ3v) is 7.46. The molecular formula is C20H25N3O2S. The lowest BCUT2D eigenvalue weighted by molar-refractivity contribution is -0.645. The van der Waals surface area contributed by atoms with Gasteiger partial charge < -0.3 is 10.1 Å². The molecule has 6 heteroatoms. The maximum atomic E-state index is 13.1. The number of carbonyl (C=O) groups is 1. The summed E-state index contributed by atoms with van der Waals surface area (Å²) in [5.41, 5.74) is -0.0344. The van der Waals surface area contributed by atoms with Gasteiger partial charge in [0.05, 0.1) is 18.2 Å². The third kappa shape index (κ3) is 3.29. The predicted octanol–water partition coefficient (Wildman–Crippen LogP) is 3.12. The maximum absolute atomic E-state index is 13.1. The number of carbonyl (C=O) groups excluding carboxylic acids is 1. The van der Waals surface area contributed by atoms with Gasteiger partial charge in [-0.2, -0.15) is 9.99 Å². The number of rotatable bonds is 6. The Morgan fingerprint density at radius 2 is 1.92 bits per heavy atom. The Bertz CT molecular complexity index is 695. The fourth-order valence-corrected chi connectivity index (χ4v) is 6.71. The molecule has 26 heavy (non-hydrogen) atoms. The van der Waals surface area contributed by atoms with Crippen molar-refractivity contribution in [1.82, 2.24) is 4.90 Å². The molecule has 4 saturated carbocycles. The van der Waals surface area contributed by atoms with E-state index in [0.717, 1.165) is 41.7 Å². The minimum Gasteiger partial charge on any atom is -0.618 e. The van der Waals surface area contributed by atoms with Gasteiger partial charge in [-0.15, -0.1) is 0 Å². The van der Waals surface area contributed by atoms with Crippen molar-refractivity contribution in [2.24, 2.45) is 17.8 Å². The summed E-state index contributed by atoms with van der Waals surface area (Å²) in [6.07, 6.45) is 9.14. The predicted molar refractivity (Wildman–Crippen MR) is 99.0 cm³/mol. The van der Waals surface area contributed by atoms with Crippen LogP contribution in [0.1, 0.15) is 44.9 Å². The number of pyridine rings is 1. The Balaban J connectivity index is 1.50. The fourth-order valence-electron chi connectivity index (χ4n) is 5.92. The van der Waals surface area contributed by atoms with E-state index in [1.165, 1.54) is 37.2 Å². The molecule has 0 aliphatic heterocycles. The summed E-state index contributed by atoms with van der Waals surface area (Å²) in [6.45, 7) is 0.522. The highest BCUT2D eigenvalue weighted by molar-refractivity contribution is 7.99. The van der Waals surface area contributed by atoms with Crippen molar-refractivity contribution in [3.05, 3.63) is 29.6 Å². The van der Waals surface area contributed by atoms with Gasteiger partial charge in [0.2, 0.25) is 5.91 Å². The van der Waals surface area contributed by atoms with Gasteiger partial charge in [0.25, 0.3) is 5.03 Å². The second-order valence-electron chi connectivity index (χ2n) is 8.25. The number of hydrogen-bond donors (Lipinski definition) is 0. The molecule has 4 aliphatic rings. The molecule has 4 aliphatic carbocycles. The van der Waals surface area contributed by atoms with E-state index >= 15 is 0 Å². The summed E-state index contributed by atoms with van der Waals surface area (Å²) >= 11 is 1.30. The normalized spacial score (nSPS) is 31.6. The monoisotopic (exact) mass is 371 g/mol. The van der Waals surface area contributed by atoms with Crippen LogP contribution in [0.4, 0.5) is 0 Å². The zero-order valence-corrected chi connectivity index (χ0v) is 15.8. The molecule has 0 spiro atoms. The van der Waals surface area contributed by atoms with Crippen molar-refractivity contribution in [1.29, 1.82) is 5.26 Å². The lowest BCUT2D eigenvalue weighted by atomic mass is 9.52. The zero-order valence-electron chi connectivity index (χ0n) is 15.0. The molecule has 1 aromatic heterocycles. The average Bonchev–Trinajstić information content (AvgIpc) is 2.60. The van der Waals surface area contributed by atoms with Crippen LogP contribution in [0.3, 0.4) is 0 Å². The van der Waals surface area contributed by atoms with E-state index in [0.29, 0.717) is 18.0 Å². The standard InChI is InChI=1S/C20H25N3O2S/c21-5-3-6-22(18(24)14-26-19-4-1-2-7-23(19)25)20-11-15-8-16(12-20)10-17(9-15)13-20/h1-2,4,7,15-17H,3,6,8-14H2. The maximum Gasteiger partial charge on any atom is 0.251 e. The number of thioether (sulfide) groups is 1. The first-order valence-corrected chi connectivity index (χ1v) is 10.6. The van der Waals surface area contributed by atoms with Crippen LogP contribution in [-0.2, 0) is 4.79 Å². The van der Waals surface area contributed by atoms with E-state index in [4.69, 9.17) is 5.26 Å². The summed E-state index contributed by atoms with van der Waals surface area (Å²) in [7, 11) is 0. The van der Waals surface area contributed by atoms with Gasteiger partial charge in [-0.25, -0.2) is 0 Å². The van der Waals surface area contributed by atoms with Crippen LogP contribution < -0.4 is 4.73 Å². The lowest BCUT2D eigenvalue weighted by Crippen LogP contribution is -2.62. The molecule has 1 heterocycles. The fraction of sp³-hybridized carbons (Fsp3) is 0.650. The summed E-state index contributed by atoms with van der Waals surface area (Å²) < 4.78 is 0.808. The molecule has 0 saturated heterocycles. The first-order valence-electron chi connectivity index (χ1n) is 9.58. The van der Waals surface area contributed by atoms with E-state index in [1.807, 2.05) is 11.0 Å². The molecule has 1 aromatic rings. The van der Waals surface area contributed by atoms with Gasteiger partial charge in [-0.05, 0) is 74.1 Å². The minimum absolute atomic E-state index is 0.0344. The quantitative estimate of drug-likeness (QED) is 0.438. The van der Waals surface area contributed by atoms with Crippen molar-refractivity contribution < 1.29 is 9.52 Å². The van der Waals surface area contributed by atoms with Crippen LogP contribution in [0.15, 0.2) is 29.4 Å². The van der Waals surface area contributed by atoms with Crippen molar-refractivity contribution in [2.75, 3.05) is 12.3 Å². The summed E-state index contributed by atoms with van der Waals surface area (Å²) in [4.78, 5) is 15.2. The Labute approximate surface area is 159 Å². The van der Waals surface area contributed by atoms with Gasteiger partial charge in [-0.3, -0.25) is 4.79 Å². The smallest absolute Gasteiger partial charge is 0.251 e. The molecule has 4 fully saturated rings. The lowest BCUT2D eigenvalue weighted by Gasteiger charge is -2.60. The molecule has 1 amide bonds. The van der Waals surface area contributed by atoms with Crippen molar-refractivity contribution in [3.63, 3.8) is 0 Å². The Morgan fingerprint density at radius 3 is 2.50 bits per heavy atom. The van der Waals surface area contributed by atoms with Crippen LogP contribution in [0.25, 0.3) is 0 Å². The van der Waals surface area contributed by atoms with Crippen LogP contribution in [0.5, 0.6) is 0 Å². The molecule has 0 aromatic carbocycles. The van der Waals surface area contributed by atoms with Crippen molar-refractivity contribution in [3.8, 4) is 6.07 Å². The van der Waals surface area contributed by atoms with Crippen LogP contribution in [0.2, 0.25) is 0 Å². The highest BCUT2D eigenvalue weighted by Gasteiger charge is 2.54. The number of nitriles is 1. The van der Waals surface area contributed by atoms with Crippen LogP contribution in [0, 0.1) is 34.3 Å². The van der Waals surface area contributed by atoms with E-state index in [2.05, 4.69) is 6.07 Å². The molecule has 0 atom stereocenters. The minimum atomic E-state index is -0.0344. The van der Waals surface area contributed by atoms with Gasteiger partial charge in [-0.1, -0.05) is 0 Å². The largest absolute Gasteiger partial charge is 0.618 e. The first-order chi connectivity index (χ1) is 12.6. The molecule has 138 valence electrons. The van der Waals surface area contributed by atoms with E-state index < -0.39 is 0 Å². The number of hydrogen-bond acceptors (Lipinski definition) is 4. The highest BCUT2D eigenvalue weighted by Crippen LogP contribution is 2.57. The second-order valence-corrected chi connectivity index (χ2v) is 9.24. The topological polar surface area (TPSA) is 71.0 Å². The Morgan fingerprint density at radius 1 is 1.27 bits per heavy atom. The van der Waals surface area contributed by atoms with Crippen molar-refractivity contribution in [2.45, 2.75) is 55.5 Å². The highest BCUT2D eigenvalue weighted by atomic mass is 32.2. The number of amides is 1. The zero-order chi connectivity index (χ0) is 18.1.